The number of anilines is 1. The van der Waals surface area contributed by atoms with E-state index in [1.54, 1.807) is 18.3 Å². The van der Waals surface area contributed by atoms with Crippen LogP contribution >= 0.6 is 11.3 Å². The van der Waals surface area contributed by atoms with Crippen LogP contribution in [0.1, 0.15) is 10.4 Å². The van der Waals surface area contributed by atoms with Crippen LogP contribution in [-0.4, -0.2) is 15.9 Å². The number of aromatic nitrogens is 2. The molecule has 4 nitrogen and oxygen atoms in total. The van der Waals surface area contributed by atoms with E-state index in [1.165, 1.54) is 23.1 Å². The van der Waals surface area contributed by atoms with E-state index in [4.69, 9.17) is 0 Å². The maximum Gasteiger partial charge on any atom is 0.259 e. The number of rotatable bonds is 4. The Morgan fingerprint density at radius 1 is 0.846 bits per heavy atom. The van der Waals surface area contributed by atoms with Crippen molar-refractivity contribution >= 4 is 22.4 Å². The molecule has 0 fully saturated rings. The number of carbonyl (C=O) groups excluding carboxylic acids is 1. The van der Waals surface area contributed by atoms with Crippen LogP contribution in [0.15, 0.2) is 84.5 Å². The fraction of sp³-hybridized carbons (Fsp3) is 0. The number of benzene rings is 2. The molecule has 1 N–H and O–H groups in total. The van der Waals surface area contributed by atoms with Gasteiger partial charge in [-0.1, -0.05) is 54.6 Å². The zero-order chi connectivity index (χ0) is 17.8. The summed E-state index contributed by atoms with van der Waals surface area (Å²) in [5.74, 6) is -0.210. The van der Waals surface area contributed by atoms with E-state index in [-0.39, 0.29) is 5.91 Å². The highest BCUT2D eigenvalue weighted by atomic mass is 32.1. The lowest BCUT2D eigenvalue weighted by Gasteiger charge is -2.03. The topological polar surface area (TPSA) is 54.9 Å². The van der Waals surface area contributed by atoms with E-state index in [0.717, 1.165) is 16.8 Å². The average Bonchev–Trinajstić information content (AvgIpc) is 3.18. The minimum Gasteiger partial charge on any atom is -0.298 e. The van der Waals surface area contributed by atoms with E-state index >= 15 is 0 Å². The predicted molar refractivity (Wildman–Crippen MR) is 105 cm³/mol. The van der Waals surface area contributed by atoms with E-state index < -0.39 is 0 Å². The van der Waals surface area contributed by atoms with E-state index in [2.05, 4.69) is 39.6 Å². The molecule has 0 atom stereocenters. The zero-order valence-corrected chi connectivity index (χ0v) is 14.6. The SMILES string of the molecule is O=C(Nc1nc(-c2ccc(-c3ccccc3)cc2)cs1)c1cccnc1. The number of nitrogens with zero attached hydrogens (tertiary/aromatic N) is 2. The third kappa shape index (κ3) is 3.53. The van der Waals surface area contributed by atoms with Crippen molar-refractivity contribution in [3.05, 3.63) is 90.1 Å². The van der Waals surface area contributed by atoms with Crippen molar-refractivity contribution in [1.82, 2.24) is 9.97 Å². The fourth-order valence-corrected chi connectivity index (χ4v) is 3.31. The van der Waals surface area contributed by atoms with E-state index in [0.29, 0.717) is 10.7 Å². The lowest BCUT2D eigenvalue weighted by atomic mass is 10.0. The van der Waals surface area contributed by atoms with Crippen molar-refractivity contribution in [2.75, 3.05) is 5.32 Å². The smallest absolute Gasteiger partial charge is 0.259 e. The third-order valence-electron chi connectivity index (χ3n) is 3.94. The quantitative estimate of drug-likeness (QED) is 0.551. The molecule has 0 saturated heterocycles. The molecule has 0 spiro atoms. The van der Waals surface area contributed by atoms with Crippen molar-refractivity contribution in [2.45, 2.75) is 0 Å². The summed E-state index contributed by atoms with van der Waals surface area (Å²) in [6.45, 7) is 0. The van der Waals surface area contributed by atoms with Crippen LogP contribution in [0.2, 0.25) is 0 Å². The highest BCUT2D eigenvalue weighted by molar-refractivity contribution is 7.14. The van der Waals surface area contributed by atoms with Gasteiger partial charge in [0.1, 0.15) is 0 Å². The molecule has 0 aliphatic carbocycles. The largest absolute Gasteiger partial charge is 0.298 e. The van der Waals surface area contributed by atoms with Crippen LogP contribution in [-0.2, 0) is 0 Å². The summed E-state index contributed by atoms with van der Waals surface area (Å²) in [5.41, 5.74) is 4.71. The van der Waals surface area contributed by atoms with Gasteiger partial charge in [0.05, 0.1) is 11.3 Å². The number of hydrogen-bond donors (Lipinski definition) is 1. The summed E-state index contributed by atoms with van der Waals surface area (Å²) < 4.78 is 0. The highest BCUT2D eigenvalue weighted by Gasteiger charge is 2.10. The minimum atomic E-state index is -0.210. The maximum atomic E-state index is 12.2. The normalized spacial score (nSPS) is 10.5. The molecule has 1 amide bonds. The molecule has 2 aromatic heterocycles. The van der Waals surface area contributed by atoms with Crippen molar-refractivity contribution in [3.63, 3.8) is 0 Å². The Labute approximate surface area is 155 Å². The van der Waals surface area contributed by atoms with Gasteiger partial charge >= 0.3 is 0 Å². The summed E-state index contributed by atoms with van der Waals surface area (Å²) in [6, 6.07) is 21.9. The van der Waals surface area contributed by atoms with Gasteiger partial charge in [-0.3, -0.25) is 15.1 Å². The van der Waals surface area contributed by atoms with Gasteiger partial charge in [-0.05, 0) is 23.3 Å². The average molecular weight is 357 g/mol. The summed E-state index contributed by atoms with van der Waals surface area (Å²) in [5, 5.41) is 5.33. The summed E-state index contributed by atoms with van der Waals surface area (Å²) >= 11 is 1.40. The number of amides is 1. The molecular formula is C21H15N3OS. The number of nitrogens with one attached hydrogen (secondary N) is 1. The molecular weight excluding hydrogens is 342 g/mol. The van der Waals surface area contributed by atoms with E-state index in [9.17, 15) is 4.79 Å². The second-order valence-corrected chi connectivity index (χ2v) is 6.54. The molecule has 4 rings (SSSR count). The van der Waals surface area contributed by atoms with Crippen LogP contribution in [0.5, 0.6) is 0 Å². The van der Waals surface area contributed by atoms with Crippen molar-refractivity contribution < 1.29 is 4.79 Å². The second-order valence-electron chi connectivity index (χ2n) is 5.68. The Balaban J connectivity index is 1.50. The molecule has 0 saturated carbocycles. The monoisotopic (exact) mass is 357 g/mol. The molecule has 4 aromatic rings. The number of pyridine rings is 1. The standard InChI is InChI=1S/C21H15N3OS/c25-20(18-7-4-12-22-13-18)24-21-23-19(14-26-21)17-10-8-16(9-11-17)15-5-2-1-3-6-15/h1-14H,(H,23,24,25). The maximum absolute atomic E-state index is 12.2. The van der Waals surface area contributed by atoms with Crippen molar-refractivity contribution in [2.24, 2.45) is 0 Å². The van der Waals surface area contributed by atoms with Crippen molar-refractivity contribution in [3.8, 4) is 22.4 Å². The summed E-state index contributed by atoms with van der Waals surface area (Å²) in [7, 11) is 0. The predicted octanol–water partition coefficient (Wildman–Crippen LogP) is 5.12. The van der Waals surface area contributed by atoms with E-state index in [1.807, 2.05) is 35.7 Å². The molecule has 0 radical (unpaired) electrons. The van der Waals surface area contributed by atoms with Gasteiger partial charge < -0.3 is 0 Å². The van der Waals surface area contributed by atoms with Crippen LogP contribution in [0, 0.1) is 0 Å². The molecule has 26 heavy (non-hydrogen) atoms. The first-order valence-electron chi connectivity index (χ1n) is 8.12. The first kappa shape index (κ1) is 16.2. The molecule has 2 aromatic carbocycles. The molecule has 0 unspecified atom stereocenters. The third-order valence-corrected chi connectivity index (χ3v) is 4.69. The first-order chi connectivity index (χ1) is 12.8. The van der Waals surface area contributed by atoms with Crippen LogP contribution < -0.4 is 5.32 Å². The summed E-state index contributed by atoms with van der Waals surface area (Å²) in [6.07, 6.45) is 3.17. The fourth-order valence-electron chi connectivity index (χ4n) is 2.59. The van der Waals surface area contributed by atoms with Gasteiger partial charge in [0.2, 0.25) is 0 Å². The number of carbonyl (C=O) groups is 1. The van der Waals surface area contributed by atoms with Crippen LogP contribution in [0.25, 0.3) is 22.4 Å². The zero-order valence-electron chi connectivity index (χ0n) is 13.8. The van der Waals surface area contributed by atoms with Gasteiger partial charge in [-0.25, -0.2) is 4.98 Å². The Morgan fingerprint density at radius 2 is 1.58 bits per heavy atom. The Kier molecular flexibility index (Phi) is 4.53. The number of hydrogen-bond acceptors (Lipinski definition) is 4. The van der Waals surface area contributed by atoms with Gasteiger partial charge in [-0.2, -0.15) is 0 Å². The highest BCUT2D eigenvalue weighted by Crippen LogP contribution is 2.27. The number of thiazole rings is 1. The molecule has 2 heterocycles. The first-order valence-corrected chi connectivity index (χ1v) is 9.00. The van der Waals surface area contributed by atoms with Crippen LogP contribution in [0.4, 0.5) is 5.13 Å². The van der Waals surface area contributed by atoms with Crippen molar-refractivity contribution in [1.29, 1.82) is 0 Å². The lowest BCUT2D eigenvalue weighted by Crippen LogP contribution is -2.11. The molecule has 0 aliphatic heterocycles. The second kappa shape index (κ2) is 7.29. The molecule has 126 valence electrons. The minimum absolute atomic E-state index is 0.210. The Morgan fingerprint density at radius 3 is 2.31 bits per heavy atom. The Hall–Kier alpha value is -3.31. The molecule has 5 heteroatoms. The van der Waals surface area contributed by atoms with Crippen LogP contribution in [0.3, 0.4) is 0 Å². The summed E-state index contributed by atoms with van der Waals surface area (Å²) in [4.78, 5) is 20.6. The Bertz CT molecular complexity index is 1010. The van der Waals surface area contributed by atoms with Gasteiger partial charge in [0, 0.05) is 23.3 Å². The lowest BCUT2D eigenvalue weighted by molar-refractivity contribution is 0.102. The molecule has 0 bridgehead atoms. The van der Waals surface area contributed by atoms with Gasteiger partial charge in [-0.15, -0.1) is 11.3 Å². The molecule has 0 aliphatic rings. The van der Waals surface area contributed by atoms with Gasteiger partial charge in [0.25, 0.3) is 5.91 Å². The van der Waals surface area contributed by atoms with Gasteiger partial charge in [0.15, 0.2) is 5.13 Å².